The van der Waals surface area contributed by atoms with E-state index in [9.17, 15) is 8.42 Å². The Balaban J connectivity index is 2.10. The maximum Gasteiger partial charge on any atom is 0.211 e. The van der Waals surface area contributed by atoms with E-state index in [-0.39, 0.29) is 5.75 Å². The molecule has 0 atom stereocenters. The maximum absolute atomic E-state index is 11.7. The summed E-state index contributed by atoms with van der Waals surface area (Å²) in [6.45, 7) is 6.56. The minimum absolute atomic E-state index is 0.230. The number of hydrogen-bond donors (Lipinski definition) is 2. The van der Waals surface area contributed by atoms with E-state index in [1.807, 2.05) is 6.92 Å². The second-order valence-electron chi connectivity index (χ2n) is 5.46. The van der Waals surface area contributed by atoms with E-state index in [4.69, 9.17) is 0 Å². The summed E-state index contributed by atoms with van der Waals surface area (Å²) in [5, 5.41) is 3.14. The van der Waals surface area contributed by atoms with E-state index in [0.29, 0.717) is 18.9 Å². The van der Waals surface area contributed by atoms with Gasteiger partial charge in [-0.1, -0.05) is 6.92 Å². The molecule has 0 radical (unpaired) electrons. The van der Waals surface area contributed by atoms with Crippen LogP contribution in [0.5, 0.6) is 0 Å². The van der Waals surface area contributed by atoms with E-state index >= 15 is 0 Å². The number of sulfonamides is 1. The summed E-state index contributed by atoms with van der Waals surface area (Å²) in [5.41, 5.74) is 0. The van der Waals surface area contributed by atoms with Crippen LogP contribution < -0.4 is 10.0 Å². The Morgan fingerprint density at radius 2 is 1.89 bits per heavy atom. The van der Waals surface area contributed by atoms with E-state index < -0.39 is 10.0 Å². The van der Waals surface area contributed by atoms with Crippen molar-refractivity contribution in [3.63, 3.8) is 0 Å². The van der Waals surface area contributed by atoms with E-state index in [2.05, 4.69) is 22.0 Å². The van der Waals surface area contributed by atoms with Gasteiger partial charge in [0.1, 0.15) is 0 Å². The van der Waals surface area contributed by atoms with Crippen LogP contribution in [0.25, 0.3) is 0 Å². The van der Waals surface area contributed by atoms with Gasteiger partial charge in [-0.15, -0.1) is 0 Å². The number of hydrogen-bond acceptors (Lipinski definition) is 4. The minimum Gasteiger partial charge on any atom is -0.317 e. The fraction of sp³-hybridized carbons (Fsp3) is 1.00. The van der Waals surface area contributed by atoms with Crippen LogP contribution in [-0.4, -0.2) is 58.8 Å². The monoisotopic (exact) mass is 291 g/mol. The van der Waals surface area contributed by atoms with Crippen LogP contribution in [0.3, 0.4) is 0 Å². The fourth-order valence-electron chi connectivity index (χ4n) is 2.41. The first-order valence-electron chi connectivity index (χ1n) is 7.40. The molecule has 0 spiro atoms. The lowest BCUT2D eigenvalue weighted by Crippen LogP contribution is -2.33. The van der Waals surface area contributed by atoms with Crippen LogP contribution in [0.2, 0.25) is 0 Å². The fourth-order valence-corrected chi connectivity index (χ4v) is 3.50. The Kier molecular flexibility index (Phi) is 7.90. The molecule has 1 rings (SSSR count). The SMILES string of the molecule is CCNCCCS(=O)(=O)NCCC1CCN(C)CC1. The Hall–Kier alpha value is -0.170. The maximum atomic E-state index is 11.7. The van der Waals surface area contributed by atoms with Crippen molar-refractivity contribution in [1.29, 1.82) is 0 Å². The normalized spacial score (nSPS) is 18.8. The standard InChI is InChI=1S/C13H29N3O2S/c1-3-14-8-4-12-19(17,18)15-9-5-13-6-10-16(2)11-7-13/h13-15H,3-12H2,1-2H3. The van der Waals surface area contributed by atoms with Crippen molar-refractivity contribution < 1.29 is 8.42 Å². The summed E-state index contributed by atoms with van der Waals surface area (Å²) >= 11 is 0. The molecule has 19 heavy (non-hydrogen) atoms. The lowest BCUT2D eigenvalue weighted by molar-refractivity contribution is 0.213. The molecule has 1 aliphatic heterocycles. The summed E-state index contributed by atoms with van der Waals surface area (Å²) < 4.78 is 26.2. The van der Waals surface area contributed by atoms with Gasteiger partial charge in [0, 0.05) is 6.54 Å². The number of nitrogens with one attached hydrogen (secondary N) is 2. The summed E-state index contributed by atoms with van der Waals surface area (Å²) in [4.78, 5) is 2.33. The van der Waals surface area contributed by atoms with Crippen LogP contribution in [-0.2, 0) is 10.0 Å². The van der Waals surface area contributed by atoms with Crippen molar-refractivity contribution in [2.45, 2.75) is 32.6 Å². The van der Waals surface area contributed by atoms with Crippen LogP contribution >= 0.6 is 0 Å². The quantitative estimate of drug-likeness (QED) is 0.612. The molecule has 0 aromatic carbocycles. The van der Waals surface area contributed by atoms with Gasteiger partial charge in [-0.25, -0.2) is 13.1 Å². The molecule has 0 aromatic rings. The molecular formula is C13H29N3O2S. The molecule has 0 saturated carbocycles. The first-order chi connectivity index (χ1) is 9.03. The van der Waals surface area contributed by atoms with Gasteiger partial charge in [0.05, 0.1) is 5.75 Å². The average molecular weight is 291 g/mol. The first kappa shape index (κ1) is 16.9. The largest absolute Gasteiger partial charge is 0.317 e. The highest BCUT2D eigenvalue weighted by molar-refractivity contribution is 7.89. The molecule has 2 N–H and O–H groups in total. The highest BCUT2D eigenvalue weighted by atomic mass is 32.2. The van der Waals surface area contributed by atoms with Crippen LogP contribution in [0.1, 0.15) is 32.6 Å². The first-order valence-corrected chi connectivity index (χ1v) is 9.05. The smallest absolute Gasteiger partial charge is 0.211 e. The Bertz CT molecular complexity index is 325. The molecule has 0 bridgehead atoms. The summed E-state index contributed by atoms with van der Waals surface area (Å²) in [6.07, 6.45) is 4.04. The molecule has 0 aliphatic carbocycles. The third kappa shape index (κ3) is 7.87. The number of likely N-dealkylation sites (tertiary alicyclic amines) is 1. The van der Waals surface area contributed by atoms with Crippen molar-refractivity contribution in [2.75, 3.05) is 45.5 Å². The zero-order valence-corrected chi connectivity index (χ0v) is 13.1. The summed E-state index contributed by atoms with van der Waals surface area (Å²) in [6, 6.07) is 0. The average Bonchev–Trinajstić information content (AvgIpc) is 2.37. The lowest BCUT2D eigenvalue weighted by atomic mass is 9.94. The molecule has 1 aliphatic rings. The number of nitrogens with zero attached hydrogens (tertiary/aromatic N) is 1. The Morgan fingerprint density at radius 1 is 1.21 bits per heavy atom. The Labute approximate surface area is 118 Å². The molecule has 0 amide bonds. The van der Waals surface area contributed by atoms with Gasteiger partial charge < -0.3 is 10.2 Å². The van der Waals surface area contributed by atoms with Gasteiger partial charge in [0.15, 0.2) is 0 Å². The van der Waals surface area contributed by atoms with Crippen LogP contribution in [0.15, 0.2) is 0 Å². The molecule has 114 valence electrons. The third-order valence-electron chi connectivity index (χ3n) is 3.73. The molecule has 6 heteroatoms. The van der Waals surface area contributed by atoms with Gasteiger partial charge in [0.25, 0.3) is 0 Å². The summed E-state index contributed by atoms with van der Waals surface area (Å²) in [5.74, 6) is 0.911. The van der Waals surface area contributed by atoms with E-state index in [1.54, 1.807) is 0 Å². The van der Waals surface area contributed by atoms with Crippen molar-refractivity contribution in [3.8, 4) is 0 Å². The highest BCUT2D eigenvalue weighted by Gasteiger charge is 2.17. The minimum atomic E-state index is -3.07. The van der Waals surface area contributed by atoms with E-state index in [1.165, 1.54) is 12.8 Å². The van der Waals surface area contributed by atoms with E-state index in [0.717, 1.165) is 32.6 Å². The summed E-state index contributed by atoms with van der Waals surface area (Å²) in [7, 11) is -0.932. The lowest BCUT2D eigenvalue weighted by Gasteiger charge is -2.28. The molecule has 1 heterocycles. The number of piperidine rings is 1. The second-order valence-corrected chi connectivity index (χ2v) is 7.38. The molecule has 0 aromatic heterocycles. The predicted molar refractivity (Wildman–Crippen MR) is 79.8 cm³/mol. The topological polar surface area (TPSA) is 61.4 Å². The number of rotatable bonds is 9. The van der Waals surface area contributed by atoms with Gasteiger partial charge in [0.2, 0.25) is 10.0 Å². The third-order valence-corrected chi connectivity index (χ3v) is 5.20. The van der Waals surface area contributed by atoms with Gasteiger partial charge in [-0.3, -0.25) is 0 Å². The molecule has 0 unspecified atom stereocenters. The highest BCUT2D eigenvalue weighted by Crippen LogP contribution is 2.18. The van der Waals surface area contributed by atoms with Crippen molar-refractivity contribution >= 4 is 10.0 Å². The zero-order chi connectivity index (χ0) is 14.1. The van der Waals surface area contributed by atoms with Crippen LogP contribution in [0.4, 0.5) is 0 Å². The molecule has 1 fully saturated rings. The van der Waals surface area contributed by atoms with Crippen molar-refractivity contribution in [3.05, 3.63) is 0 Å². The van der Waals surface area contributed by atoms with Crippen molar-refractivity contribution in [1.82, 2.24) is 14.9 Å². The van der Waals surface area contributed by atoms with Gasteiger partial charge in [-0.05, 0) is 64.8 Å². The molecule has 5 nitrogen and oxygen atoms in total. The van der Waals surface area contributed by atoms with Gasteiger partial charge in [-0.2, -0.15) is 0 Å². The molecule has 1 saturated heterocycles. The van der Waals surface area contributed by atoms with Crippen LogP contribution in [0, 0.1) is 5.92 Å². The zero-order valence-electron chi connectivity index (χ0n) is 12.3. The molecular weight excluding hydrogens is 262 g/mol. The second kappa shape index (κ2) is 8.89. The Morgan fingerprint density at radius 3 is 2.53 bits per heavy atom. The predicted octanol–water partition coefficient (Wildman–Crippen LogP) is 0.637. The van der Waals surface area contributed by atoms with Gasteiger partial charge >= 0.3 is 0 Å². The van der Waals surface area contributed by atoms with Crippen molar-refractivity contribution in [2.24, 2.45) is 5.92 Å².